The molecule has 4 rings (SSSR count). The van der Waals surface area contributed by atoms with Crippen LogP contribution in [0.5, 0.6) is 0 Å². The second kappa shape index (κ2) is 7.01. The van der Waals surface area contributed by atoms with Gasteiger partial charge in [-0.05, 0) is 42.5 Å². The Morgan fingerprint density at radius 3 is 2.86 bits per heavy atom. The van der Waals surface area contributed by atoms with E-state index in [0.717, 1.165) is 19.5 Å². The minimum atomic E-state index is -0.683. The van der Waals surface area contributed by atoms with Gasteiger partial charge in [-0.15, -0.1) is 0 Å². The molecule has 3 aliphatic heterocycles. The zero-order valence-corrected chi connectivity index (χ0v) is 15.8. The molecule has 8 heteroatoms. The lowest BCUT2D eigenvalue weighted by Gasteiger charge is -2.29. The second-order valence-corrected chi connectivity index (χ2v) is 8.15. The van der Waals surface area contributed by atoms with E-state index in [0.29, 0.717) is 29.7 Å². The Kier molecular flexibility index (Phi) is 4.66. The van der Waals surface area contributed by atoms with Crippen molar-refractivity contribution in [3.05, 3.63) is 34.9 Å². The summed E-state index contributed by atoms with van der Waals surface area (Å²) in [4.78, 5) is 50.7. The number of nitrogens with zero attached hydrogens (tertiary/aromatic N) is 1. The number of nitrogens with one attached hydrogen (secondary N) is 3. The number of carbonyl (C=O) groups is 4. The number of hydrogen-bond donors (Lipinski definition) is 3. The molecule has 2 fully saturated rings. The standard InChI is InChI=1S/C20H24N4O4/c1-20(7-8-21-10-20)11-22-17(26)12-3-2-4-13-14(12)9-24(19(13)28)15-5-6-16(25)23-18(15)27/h2-4,15,21H,5-11H2,1H3,(H,22,26)(H,23,25,27). The van der Waals surface area contributed by atoms with Gasteiger partial charge in [0.15, 0.2) is 0 Å². The summed E-state index contributed by atoms with van der Waals surface area (Å²) in [7, 11) is 0. The monoisotopic (exact) mass is 384 g/mol. The third kappa shape index (κ3) is 3.28. The molecule has 0 aliphatic carbocycles. The van der Waals surface area contributed by atoms with Crippen LogP contribution in [0.15, 0.2) is 18.2 Å². The number of carbonyl (C=O) groups excluding carboxylic acids is 4. The summed E-state index contributed by atoms with van der Waals surface area (Å²) in [6.45, 7) is 4.71. The number of amides is 4. The largest absolute Gasteiger partial charge is 0.351 e. The van der Waals surface area contributed by atoms with E-state index in [2.05, 4.69) is 22.9 Å². The smallest absolute Gasteiger partial charge is 0.255 e. The van der Waals surface area contributed by atoms with E-state index < -0.39 is 11.9 Å². The van der Waals surface area contributed by atoms with Crippen LogP contribution in [0.2, 0.25) is 0 Å². The Bertz CT molecular complexity index is 860. The Hall–Kier alpha value is -2.74. The first kappa shape index (κ1) is 18.6. The van der Waals surface area contributed by atoms with Crippen molar-refractivity contribution in [2.45, 2.75) is 38.8 Å². The molecule has 8 nitrogen and oxygen atoms in total. The minimum Gasteiger partial charge on any atom is -0.351 e. The number of rotatable bonds is 4. The molecule has 0 saturated carbocycles. The zero-order chi connectivity index (χ0) is 19.9. The van der Waals surface area contributed by atoms with Gasteiger partial charge in [-0.1, -0.05) is 13.0 Å². The molecule has 0 bridgehead atoms. The average Bonchev–Trinajstić information content (AvgIpc) is 3.24. The van der Waals surface area contributed by atoms with Crippen LogP contribution in [0.3, 0.4) is 0 Å². The van der Waals surface area contributed by atoms with E-state index in [1.807, 2.05) is 0 Å². The third-order valence-corrected chi connectivity index (χ3v) is 5.96. The maximum Gasteiger partial charge on any atom is 0.255 e. The first-order valence-corrected chi connectivity index (χ1v) is 9.63. The van der Waals surface area contributed by atoms with Crippen LogP contribution >= 0.6 is 0 Å². The van der Waals surface area contributed by atoms with Crippen LogP contribution < -0.4 is 16.0 Å². The molecule has 2 saturated heterocycles. The zero-order valence-electron chi connectivity index (χ0n) is 15.8. The Morgan fingerprint density at radius 2 is 2.14 bits per heavy atom. The Morgan fingerprint density at radius 1 is 1.32 bits per heavy atom. The topological polar surface area (TPSA) is 108 Å². The predicted octanol–water partition coefficient (Wildman–Crippen LogP) is 0.177. The number of piperidine rings is 1. The molecule has 148 valence electrons. The van der Waals surface area contributed by atoms with Crippen molar-refractivity contribution < 1.29 is 19.2 Å². The van der Waals surface area contributed by atoms with E-state index in [4.69, 9.17) is 0 Å². The molecular weight excluding hydrogens is 360 g/mol. The lowest BCUT2D eigenvalue weighted by molar-refractivity contribution is -0.136. The van der Waals surface area contributed by atoms with E-state index >= 15 is 0 Å². The third-order valence-electron chi connectivity index (χ3n) is 5.96. The molecule has 1 aromatic rings. The van der Waals surface area contributed by atoms with Crippen molar-refractivity contribution in [2.24, 2.45) is 5.41 Å². The molecule has 3 aliphatic rings. The highest BCUT2D eigenvalue weighted by molar-refractivity contribution is 6.07. The molecule has 3 heterocycles. The molecule has 3 N–H and O–H groups in total. The molecule has 2 unspecified atom stereocenters. The van der Waals surface area contributed by atoms with Gasteiger partial charge in [0.25, 0.3) is 11.8 Å². The quantitative estimate of drug-likeness (QED) is 0.642. The van der Waals surface area contributed by atoms with Gasteiger partial charge in [0.1, 0.15) is 6.04 Å². The second-order valence-electron chi connectivity index (χ2n) is 8.15. The van der Waals surface area contributed by atoms with Crippen molar-refractivity contribution >= 4 is 23.6 Å². The highest BCUT2D eigenvalue weighted by atomic mass is 16.2. The Labute approximate surface area is 163 Å². The molecular formula is C20H24N4O4. The van der Waals surface area contributed by atoms with E-state index in [1.54, 1.807) is 18.2 Å². The average molecular weight is 384 g/mol. The lowest BCUT2D eigenvalue weighted by Crippen LogP contribution is -2.52. The summed E-state index contributed by atoms with van der Waals surface area (Å²) in [6.07, 6.45) is 1.51. The summed E-state index contributed by atoms with van der Waals surface area (Å²) in [5.41, 5.74) is 1.59. The van der Waals surface area contributed by atoms with Gasteiger partial charge in [0.2, 0.25) is 11.8 Å². The van der Waals surface area contributed by atoms with E-state index in [1.165, 1.54) is 4.90 Å². The molecule has 2 atom stereocenters. The fraction of sp³-hybridized carbons (Fsp3) is 0.500. The first-order chi connectivity index (χ1) is 13.4. The van der Waals surface area contributed by atoms with E-state index in [-0.39, 0.29) is 36.1 Å². The van der Waals surface area contributed by atoms with Crippen molar-refractivity contribution in [3.8, 4) is 0 Å². The fourth-order valence-corrected chi connectivity index (χ4v) is 4.21. The number of imide groups is 1. The minimum absolute atomic E-state index is 0.0300. The van der Waals surface area contributed by atoms with E-state index in [9.17, 15) is 19.2 Å². The van der Waals surface area contributed by atoms with Gasteiger partial charge in [0.05, 0.1) is 0 Å². The predicted molar refractivity (Wildman–Crippen MR) is 100 cm³/mol. The Balaban J connectivity index is 1.52. The van der Waals surface area contributed by atoms with Gasteiger partial charge < -0.3 is 15.5 Å². The molecule has 0 radical (unpaired) electrons. The normalized spacial score (nSPS) is 27.0. The van der Waals surface area contributed by atoms with Gasteiger partial charge in [0, 0.05) is 37.2 Å². The molecule has 28 heavy (non-hydrogen) atoms. The van der Waals surface area contributed by atoms with Gasteiger partial charge in [-0.3, -0.25) is 24.5 Å². The number of fused-ring (bicyclic) bond motifs is 1. The SMILES string of the molecule is CC1(CNC(=O)c2cccc3c2CN(C2CCC(=O)NC2=O)C3=O)CCNC1. The summed E-state index contributed by atoms with van der Waals surface area (Å²) in [6, 6.07) is 4.41. The fourth-order valence-electron chi connectivity index (χ4n) is 4.21. The summed E-state index contributed by atoms with van der Waals surface area (Å²) in [5, 5.41) is 8.60. The highest BCUT2D eigenvalue weighted by Gasteiger charge is 2.40. The van der Waals surface area contributed by atoms with Crippen LogP contribution in [-0.4, -0.2) is 54.2 Å². The summed E-state index contributed by atoms with van der Waals surface area (Å²) < 4.78 is 0. The van der Waals surface area contributed by atoms with Crippen LogP contribution in [-0.2, 0) is 16.1 Å². The van der Waals surface area contributed by atoms with Gasteiger partial charge in [-0.2, -0.15) is 0 Å². The van der Waals surface area contributed by atoms with Crippen LogP contribution in [0.25, 0.3) is 0 Å². The molecule has 4 amide bonds. The van der Waals surface area contributed by atoms with Crippen LogP contribution in [0.1, 0.15) is 52.5 Å². The van der Waals surface area contributed by atoms with Crippen molar-refractivity contribution in [3.63, 3.8) is 0 Å². The maximum atomic E-state index is 12.8. The lowest BCUT2D eigenvalue weighted by atomic mass is 9.89. The van der Waals surface area contributed by atoms with Crippen LogP contribution in [0, 0.1) is 5.41 Å². The van der Waals surface area contributed by atoms with Gasteiger partial charge in [-0.25, -0.2) is 0 Å². The first-order valence-electron chi connectivity index (χ1n) is 9.63. The summed E-state index contributed by atoms with van der Waals surface area (Å²) >= 11 is 0. The van der Waals surface area contributed by atoms with Crippen LogP contribution in [0.4, 0.5) is 0 Å². The van der Waals surface area contributed by atoms with Crippen molar-refractivity contribution in [1.29, 1.82) is 0 Å². The molecule has 0 spiro atoms. The number of benzene rings is 1. The van der Waals surface area contributed by atoms with Crippen molar-refractivity contribution in [2.75, 3.05) is 19.6 Å². The summed E-state index contributed by atoms with van der Waals surface area (Å²) in [5.74, 6) is -1.25. The van der Waals surface area contributed by atoms with Gasteiger partial charge >= 0.3 is 0 Å². The molecule has 1 aromatic carbocycles. The number of hydrogen-bond acceptors (Lipinski definition) is 5. The highest BCUT2D eigenvalue weighted by Crippen LogP contribution is 2.30. The maximum absolute atomic E-state index is 12.8. The van der Waals surface area contributed by atoms with Crippen molar-refractivity contribution in [1.82, 2.24) is 20.9 Å². The molecule has 0 aromatic heterocycles.